The second-order valence-corrected chi connectivity index (χ2v) is 6.86. The van der Waals surface area contributed by atoms with E-state index in [1.54, 1.807) is 28.8 Å². The van der Waals surface area contributed by atoms with E-state index in [0.717, 1.165) is 22.0 Å². The zero-order valence-electron chi connectivity index (χ0n) is 12.2. The largest absolute Gasteiger partial charge is 0.264 e. The molecule has 1 atom stereocenters. The normalized spacial score (nSPS) is 16.8. The van der Waals surface area contributed by atoms with Crippen molar-refractivity contribution >= 4 is 29.1 Å². The summed E-state index contributed by atoms with van der Waals surface area (Å²) in [5, 5.41) is 15.0. The Morgan fingerprint density at radius 2 is 1.91 bits per heavy atom. The Hall–Kier alpha value is -2.18. The number of nitrogens with zero attached hydrogens (tertiary/aromatic N) is 5. The maximum atomic E-state index is 5.98. The second kappa shape index (κ2) is 5.79. The minimum Gasteiger partial charge on any atom is -0.264 e. The van der Waals surface area contributed by atoms with Gasteiger partial charge < -0.3 is 0 Å². The van der Waals surface area contributed by atoms with E-state index in [1.165, 1.54) is 0 Å². The van der Waals surface area contributed by atoms with Crippen LogP contribution in [0.3, 0.4) is 0 Å². The number of rotatable bonds is 2. The highest BCUT2D eigenvalue weighted by atomic mass is 35.5. The highest BCUT2D eigenvalue weighted by molar-refractivity contribution is 8.00. The van der Waals surface area contributed by atoms with Gasteiger partial charge in [-0.2, -0.15) is 9.78 Å². The van der Waals surface area contributed by atoms with Gasteiger partial charge in [-0.25, -0.2) is 0 Å². The molecule has 0 spiro atoms. The molecule has 0 unspecified atom stereocenters. The Kier molecular flexibility index (Phi) is 3.63. The number of thioether (sulfide) groups is 1. The van der Waals surface area contributed by atoms with Gasteiger partial charge in [-0.3, -0.25) is 4.98 Å². The molecule has 0 aliphatic carbocycles. The van der Waals surface area contributed by atoms with Crippen LogP contribution in [0.15, 0.2) is 59.0 Å². The number of hydrogen-bond donors (Lipinski definition) is 0. The van der Waals surface area contributed by atoms with E-state index in [0.29, 0.717) is 10.8 Å². The van der Waals surface area contributed by atoms with Crippen LogP contribution in [-0.2, 0) is 0 Å². The van der Waals surface area contributed by atoms with Crippen molar-refractivity contribution in [2.75, 3.05) is 0 Å². The van der Waals surface area contributed by atoms with E-state index in [4.69, 9.17) is 16.7 Å². The molecule has 1 aromatic carbocycles. The Balaban J connectivity index is 1.83. The first-order chi connectivity index (χ1) is 11.2. The SMILES string of the molecule is C[C@@H]1Sc2nnc(-c3cccnc3)n2N=C1c1ccc(Cl)cc1. The molecule has 0 fully saturated rings. The summed E-state index contributed by atoms with van der Waals surface area (Å²) in [6, 6.07) is 11.5. The van der Waals surface area contributed by atoms with Gasteiger partial charge in [0, 0.05) is 23.0 Å². The lowest BCUT2D eigenvalue weighted by Gasteiger charge is -2.19. The molecule has 7 heteroatoms. The van der Waals surface area contributed by atoms with E-state index in [9.17, 15) is 0 Å². The molecule has 0 saturated heterocycles. The van der Waals surface area contributed by atoms with Crippen molar-refractivity contribution in [1.82, 2.24) is 19.9 Å². The molecule has 0 radical (unpaired) electrons. The molecule has 3 heterocycles. The molecule has 0 saturated carbocycles. The molecule has 23 heavy (non-hydrogen) atoms. The lowest BCUT2D eigenvalue weighted by Crippen LogP contribution is -2.21. The number of pyridine rings is 1. The highest BCUT2D eigenvalue weighted by Gasteiger charge is 2.26. The van der Waals surface area contributed by atoms with Gasteiger partial charge >= 0.3 is 0 Å². The van der Waals surface area contributed by atoms with Crippen molar-refractivity contribution in [2.24, 2.45) is 5.10 Å². The smallest absolute Gasteiger partial charge is 0.213 e. The number of hydrogen-bond acceptors (Lipinski definition) is 5. The number of aromatic nitrogens is 4. The lowest BCUT2D eigenvalue weighted by molar-refractivity contribution is 0.754. The average Bonchev–Trinajstić information content (AvgIpc) is 2.98. The minimum atomic E-state index is 0.189. The molecule has 114 valence electrons. The summed E-state index contributed by atoms with van der Waals surface area (Å²) in [6.07, 6.45) is 3.49. The summed E-state index contributed by atoms with van der Waals surface area (Å²) in [6.45, 7) is 2.11. The Morgan fingerprint density at radius 3 is 2.65 bits per heavy atom. The Labute approximate surface area is 142 Å². The highest BCUT2D eigenvalue weighted by Crippen LogP contribution is 2.32. The van der Waals surface area contributed by atoms with Gasteiger partial charge in [-0.15, -0.1) is 10.2 Å². The van der Waals surface area contributed by atoms with Crippen LogP contribution in [0.1, 0.15) is 12.5 Å². The summed E-state index contributed by atoms with van der Waals surface area (Å²) < 4.78 is 1.78. The van der Waals surface area contributed by atoms with Crippen LogP contribution in [0, 0.1) is 0 Å². The van der Waals surface area contributed by atoms with Crippen molar-refractivity contribution in [2.45, 2.75) is 17.3 Å². The maximum Gasteiger partial charge on any atom is 0.213 e. The van der Waals surface area contributed by atoms with Gasteiger partial charge in [0.25, 0.3) is 0 Å². The molecule has 0 amide bonds. The predicted molar refractivity (Wildman–Crippen MR) is 92.0 cm³/mol. The molecule has 4 rings (SSSR count). The van der Waals surface area contributed by atoms with Crippen molar-refractivity contribution in [3.63, 3.8) is 0 Å². The quantitative estimate of drug-likeness (QED) is 0.712. The molecule has 0 bridgehead atoms. The fraction of sp³-hybridized carbons (Fsp3) is 0.125. The Morgan fingerprint density at radius 1 is 1.09 bits per heavy atom. The monoisotopic (exact) mass is 341 g/mol. The fourth-order valence-electron chi connectivity index (χ4n) is 2.42. The van der Waals surface area contributed by atoms with Gasteiger partial charge in [-0.05, 0) is 36.8 Å². The van der Waals surface area contributed by atoms with E-state index in [1.807, 2.05) is 36.4 Å². The van der Waals surface area contributed by atoms with Crippen LogP contribution in [0.5, 0.6) is 0 Å². The van der Waals surface area contributed by atoms with Gasteiger partial charge in [-0.1, -0.05) is 35.5 Å². The lowest BCUT2D eigenvalue weighted by atomic mass is 10.1. The summed E-state index contributed by atoms with van der Waals surface area (Å²) in [5.41, 5.74) is 2.91. The summed E-state index contributed by atoms with van der Waals surface area (Å²) in [4.78, 5) is 4.14. The first-order valence-corrected chi connectivity index (χ1v) is 8.35. The Bertz CT molecular complexity index is 873. The number of halogens is 1. The zero-order chi connectivity index (χ0) is 15.8. The standard InChI is InChI=1S/C16H12ClN5S/c1-10-14(11-4-6-13(17)7-5-11)21-22-15(19-20-16(22)23-10)12-3-2-8-18-9-12/h2-10H,1H3/t10-/m0/s1. The topological polar surface area (TPSA) is 56.0 Å². The van der Waals surface area contributed by atoms with E-state index in [2.05, 4.69) is 22.1 Å². The first-order valence-electron chi connectivity index (χ1n) is 7.09. The third kappa shape index (κ3) is 2.64. The van der Waals surface area contributed by atoms with Crippen LogP contribution in [-0.4, -0.2) is 30.8 Å². The molecule has 5 nitrogen and oxygen atoms in total. The molecule has 1 aliphatic heterocycles. The van der Waals surface area contributed by atoms with Crippen LogP contribution >= 0.6 is 23.4 Å². The van der Waals surface area contributed by atoms with Crippen molar-refractivity contribution in [3.05, 3.63) is 59.4 Å². The van der Waals surface area contributed by atoms with E-state index >= 15 is 0 Å². The zero-order valence-corrected chi connectivity index (χ0v) is 13.8. The third-order valence-corrected chi connectivity index (χ3v) is 4.84. The van der Waals surface area contributed by atoms with Crippen LogP contribution < -0.4 is 0 Å². The molecule has 2 aromatic heterocycles. The second-order valence-electron chi connectivity index (χ2n) is 5.11. The summed E-state index contributed by atoms with van der Waals surface area (Å²) in [7, 11) is 0. The van der Waals surface area contributed by atoms with Crippen LogP contribution in [0.4, 0.5) is 0 Å². The van der Waals surface area contributed by atoms with Crippen molar-refractivity contribution < 1.29 is 0 Å². The third-order valence-electron chi connectivity index (χ3n) is 3.55. The molecular weight excluding hydrogens is 330 g/mol. The average molecular weight is 342 g/mol. The summed E-state index contributed by atoms with van der Waals surface area (Å²) >= 11 is 7.62. The van der Waals surface area contributed by atoms with Gasteiger partial charge in [0.1, 0.15) is 0 Å². The molecule has 3 aromatic rings. The fourth-order valence-corrected chi connectivity index (χ4v) is 3.47. The van der Waals surface area contributed by atoms with Gasteiger partial charge in [0.15, 0.2) is 5.82 Å². The molecule has 0 N–H and O–H groups in total. The molecular formula is C16H12ClN5S. The van der Waals surface area contributed by atoms with Crippen LogP contribution in [0.25, 0.3) is 11.4 Å². The summed E-state index contributed by atoms with van der Waals surface area (Å²) in [5.74, 6) is 0.693. The van der Waals surface area contributed by atoms with Gasteiger partial charge in [0.2, 0.25) is 5.16 Å². The molecule has 1 aliphatic rings. The first kappa shape index (κ1) is 14.4. The number of fused-ring (bicyclic) bond motifs is 1. The van der Waals surface area contributed by atoms with Crippen molar-refractivity contribution in [3.8, 4) is 11.4 Å². The number of benzene rings is 1. The van der Waals surface area contributed by atoms with Crippen LogP contribution in [0.2, 0.25) is 5.02 Å². The van der Waals surface area contributed by atoms with Crippen molar-refractivity contribution in [1.29, 1.82) is 0 Å². The van der Waals surface area contributed by atoms with E-state index < -0.39 is 0 Å². The van der Waals surface area contributed by atoms with E-state index in [-0.39, 0.29) is 5.25 Å². The maximum absolute atomic E-state index is 5.98. The minimum absolute atomic E-state index is 0.189. The predicted octanol–water partition coefficient (Wildman–Crippen LogP) is 3.74. The van der Waals surface area contributed by atoms with Gasteiger partial charge in [0.05, 0.1) is 11.0 Å².